The van der Waals surface area contributed by atoms with Crippen LogP contribution in [0.5, 0.6) is 0 Å². The largest absolute Gasteiger partial charge is 0.378 e. The fourth-order valence-corrected chi connectivity index (χ4v) is 1.99. The Morgan fingerprint density at radius 3 is 2.35 bits per heavy atom. The minimum Gasteiger partial charge on any atom is -0.378 e. The molecule has 1 atom stereocenters. The van der Waals surface area contributed by atoms with Crippen LogP contribution in [-0.4, -0.2) is 68.7 Å². The van der Waals surface area contributed by atoms with Gasteiger partial charge in [0.15, 0.2) is 5.78 Å². The van der Waals surface area contributed by atoms with E-state index in [2.05, 4.69) is 10.6 Å². The van der Waals surface area contributed by atoms with Crippen molar-refractivity contribution in [1.82, 2.24) is 10.6 Å². The third-order valence-electron chi connectivity index (χ3n) is 3.78. The van der Waals surface area contributed by atoms with Gasteiger partial charge in [-0.2, -0.15) is 0 Å². The molecule has 0 unspecified atom stereocenters. The lowest BCUT2D eigenvalue weighted by atomic mass is 10.00. The smallest absolute Gasteiger partial charge is 0.240 e. The normalized spacial score (nSPS) is 12.6. The highest BCUT2D eigenvalue weighted by Crippen LogP contribution is 2.05. The van der Waals surface area contributed by atoms with Gasteiger partial charge in [0.1, 0.15) is 12.6 Å². The highest BCUT2D eigenvalue weighted by Gasteiger charge is 2.28. The summed E-state index contributed by atoms with van der Waals surface area (Å²) in [4.78, 5) is 35.5. The van der Waals surface area contributed by atoms with Gasteiger partial charge in [-0.15, -0.1) is 0 Å². The average Bonchev–Trinajstić information content (AvgIpc) is 2.59. The first-order chi connectivity index (χ1) is 12.2. The van der Waals surface area contributed by atoms with Gasteiger partial charge >= 0.3 is 0 Å². The molecule has 0 aliphatic heterocycles. The molecule has 0 spiro atoms. The summed E-state index contributed by atoms with van der Waals surface area (Å²) >= 11 is 0. The fourth-order valence-electron chi connectivity index (χ4n) is 1.99. The number of primary amides is 1. The van der Waals surface area contributed by atoms with Crippen molar-refractivity contribution in [3.05, 3.63) is 0 Å². The van der Waals surface area contributed by atoms with Crippen molar-refractivity contribution in [3.63, 3.8) is 0 Å². The van der Waals surface area contributed by atoms with Crippen LogP contribution in [0.1, 0.15) is 40.0 Å². The van der Waals surface area contributed by atoms with E-state index in [-0.39, 0.29) is 24.8 Å². The summed E-state index contributed by atoms with van der Waals surface area (Å²) < 4.78 is 10.4. The van der Waals surface area contributed by atoms with Gasteiger partial charge in [-0.1, -0.05) is 19.8 Å². The molecule has 0 aromatic carbocycles. The molecule has 9 heteroatoms. The molecule has 6 N–H and O–H groups in total. The van der Waals surface area contributed by atoms with E-state index in [1.54, 1.807) is 13.8 Å². The number of unbranched alkanes of at least 4 members (excludes halogenated alkanes) is 1. The van der Waals surface area contributed by atoms with Crippen LogP contribution in [0.2, 0.25) is 0 Å². The van der Waals surface area contributed by atoms with E-state index in [1.165, 1.54) is 0 Å². The van der Waals surface area contributed by atoms with Gasteiger partial charge in [0.2, 0.25) is 11.8 Å². The standard InChI is InChI=1S/C17H34N4O5/c1-4-5-6-13(16(19)24)21-15(23)11-20-17(2,3)14(22)12-26-10-9-25-8-7-18/h13,20H,4-12,18H2,1-3H3,(H2,19,24)(H,21,23)/t13-/m0/s1. The van der Waals surface area contributed by atoms with Crippen LogP contribution >= 0.6 is 0 Å². The first-order valence-electron chi connectivity index (χ1n) is 8.97. The SMILES string of the molecule is CCCC[C@H](NC(=O)CNC(C)(C)C(=O)COCCOCCN)C(N)=O. The highest BCUT2D eigenvalue weighted by atomic mass is 16.5. The second-order valence-electron chi connectivity index (χ2n) is 6.52. The fraction of sp³-hybridized carbons (Fsp3) is 0.824. The maximum Gasteiger partial charge on any atom is 0.240 e. The van der Waals surface area contributed by atoms with Gasteiger partial charge in [-0.3, -0.25) is 19.7 Å². The topological polar surface area (TPSA) is 146 Å². The average molecular weight is 374 g/mol. The van der Waals surface area contributed by atoms with Crippen LogP contribution < -0.4 is 22.1 Å². The third kappa shape index (κ3) is 11.1. The third-order valence-corrected chi connectivity index (χ3v) is 3.78. The maximum absolute atomic E-state index is 12.2. The summed E-state index contributed by atoms with van der Waals surface area (Å²) in [5.74, 6) is -1.14. The van der Waals surface area contributed by atoms with Crippen molar-refractivity contribution in [1.29, 1.82) is 0 Å². The van der Waals surface area contributed by atoms with E-state index < -0.39 is 17.5 Å². The first-order valence-corrected chi connectivity index (χ1v) is 8.97. The Morgan fingerprint density at radius 2 is 1.77 bits per heavy atom. The van der Waals surface area contributed by atoms with Gasteiger partial charge < -0.3 is 26.3 Å². The zero-order valence-electron chi connectivity index (χ0n) is 16.1. The molecule has 9 nitrogen and oxygen atoms in total. The number of ether oxygens (including phenoxy) is 2. The van der Waals surface area contributed by atoms with Gasteiger partial charge in [0.25, 0.3) is 0 Å². The molecule has 0 aliphatic rings. The number of amides is 2. The summed E-state index contributed by atoms with van der Waals surface area (Å²) in [6.45, 7) is 6.67. The molecular weight excluding hydrogens is 340 g/mol. The number of Topliss-reactive ketones (excluding diaryl/α,β-unsaturated/α-hetero) is 1. The molecule has 0 aliphatic carbocycles. The molecule has 0 aromatic rings. The van der Waals surface area contributed by atoms with Gasteiger partial charge in [0, 0.05) is 6.54 Å². The highest BCUT2D eigenvalue weighted by molar-refractivity contribution is 5.90. The summed E-state index contributed by atoms with van der Waals surface area (Å²) in [6, 6.07) is -0.695. The van der Waals surface area contributed by atoms with E-state index in [4.69, 9.17) is 20.9 Å². The number of nitrogens with two attached hydrogens (primary N) is 2. The molecule has 26 heavy (non-hydrogen) atoms. The minimum atomic E-state index is -0.943. The lowest BCUT2D eigenvalue weighted by Crippen LogP contribution is -2.54. The number of ketones is 1. The summed E-state index contributed by atoms with van der Waals surface area (Å²) in [5.41, 5.74) is 9.64. The van der Waals surface area contributed by atoms with E-state index >= 15 is 0 Å². The second-order valence-corrected chi connectivity index (χ2v) is 6.52. The van der Waals surface area contributed by atoms with Crippen LogP contribution in [0.25, 0.3) is 0 Å². The molecular formula is C17H34N4O5. The van der Waals surface area contributed by atoms with Gasteiger partial charge in [0.05, 0.1) is 31.9 Å². The van der Waals surface area contributed by atoms with Gasteiger partial charge in [-0.05, 0) is 20.3 Å². The van der Waals surface area contributed by atoms with E-state index in [9.17, 15) is 14.4 Å². The number of rotatable bonds is 16. The molecule has 152 valence electrons. The minimum absolute atomic E-state index is 0.0893. The Hall–Kier alpha value is -1.55. The van der Waals surface area contributed by atoms with E-state index in [0.29, 0.717) is 32.8 Å². The Morgan fingerprint density at radius 1 is 1.12 bits per heavy atom. The zero-order valence-corrected chi connectivity index (χ0v) is 16.1. The number of hydrogen-bond donors (Lipinski definition) is 4. The van der Waals surface area contributed by atoms with Crippen LogP contribution in [0.3, 0.4) is 0 Å². The van der Waals surface area contributed by atoms with Crippen LogP contribution in [-0.2, 0) is 23.9 Å². The van der Waals surface area contributed by atoms with E-state index in [1.807, 2.05) is 6.92 Å². The predicted octanol–water partition coefficient (Wildman–Crippen LogP) is -0.924. The molecule has 0 rings (SSSR count). The molecule has 0 heterocycles. The Labute approximate surface area is 155 Å². The molecule has 0 radical (unpaired) electrons. The Bertz CT molecular complexity index is 443. The number of carbonyl (C=O) groups excluding carboxylic acids is 3. The van der Waals surface area contributed by atoms with Crippen molar-refractivity contribution in [2.24, 2.45) is 11.5 Å². The Balaban J connectivity index is 4.20. The number of nitrogens with one attached hydrogen (secondary N) is 2. The molecule has 0 bridgehead atoms. The molecule has 0 saturated carbocycles. The lowest BCUT2D eigenvalue weighted by molar-refractivity contribution is -0.130. The molecule has 0 aromatic heterocycles. The summed E-state index contributed by atoms with van der Waals surface area (Å²) in [5, 5.41) is 5.47. The molecule has 2 amide bonds. The second kappa shape index (κ2) is 13.6. The first kappa shape index (κ1) is 24.5. The van der Waals surface area contributed by atoms with Crippen molar-refractivity contribution in [2.75, 3.05) is 39.5 Å². The van der Waals surface area contributed by atoms with Crippen molar-refractivity contribution >= 4 is 17.6 Å². The Kier molecular flexibility index (Phi) is 12.8. The number of hydrogen-bond acceptors (Lipinski definition) is 7. The van der Waals surface area contributed by atoms with Crippen LogP contribution in [0.15, 0.2) is 0 Å². The predicted molar refractivity (Wildman–Crippen MR) is 98.4 cm³/mol. The molecule has 0 saturated heterocycles. The van der Waals surface area contributed by atoms with Crippen LogP contribution in [0, 0.1) is 0 Å². The number of carbonyl (C=O) groups is 3. The summed E-state index contributed by atoms with van der Waals surface area (Å²) in [7, 11) is 0. The molecule has 0 fully saturated rings. The quantitative estimate of drug-likeness (QED) is 0.255. The van der Waals surface area contributed by atoms with Gasteiger partial charge in [-0.25, -0.2) is 0 Å². The van der Waals surface area contributed by atoms with Crippen LogP contribution in [0.4, 0.5) is 0 Å². The van der Waals surface area contributed by atoms with Crippen molar-refractivity contribution in [3.8, 4) is 0 Å². The maximum atomic E-state index is 12.2. The van der Waals surface area contributed by atoms with E-state index in [0.717, 1.165) is 12.8 Å². The van der Waals surface area contributed by atoms with Crippen molar-refractivity contribution in [2.45, 2.75) is 51.6 Å². The van der Waals surface area contributed by atoms with Crippen molar-refractivity contribution < 1.29 is 23.9 Å². The monoisotopic (exact) mass is 374 g/mol. The summed E-state index contributed by atoms with van der Waals surface area (Å²) in [6.07, 6.45) is 2.19. The zero-order chi connectivity index (χ0) is 20.0. The lowest BCUT2D eigenvalue weighted by Gasteiger charge is -2.25.